The number of benzene rings is 2. The second-order valence-electron chi connectivity index (χ2n) is 8.11. The fraction of sp³-hybridized carbons (Fsp3) is 0.500. The number of rotatable bonds is 10. The molecule has 2 unspecified atom stereocenters. The zero-order chi connectivity index (χ0) is 21.6. The average molecular weight is 434 g/mol. The van der Waals surface area contributed by atoms with Gasteiger partial charge in [-0.1, -0.05) is 64.1 Å². The minimum atomic E-state index is -3.46. The van der Waals surface area contributed by atoms with Gasteiger partial charge in [0.15, 0.2) is 0 Å². The summed E-state index contributed by atoms with van der Waals surface area (Å²) in [7, 11) is -3.46. The normalized spacial score (nSPS) is 14.3. The van der Waals surface area contributed by atoms with E-state index in [1.807, 2.05) is 26.0 Å². The standard InChI is InChI=1S/C24H35NO2S2/c1-6-25(29(26,27)24-15-13-23(14-16-24)20(5)28)17-7-8-19(4)22-11-9-21(10-12-22)18(2)3/h9-16,18-20,28H,6-8,17H2,1-5H3. The van der Waals surface area contributed by atoms with Gasteiger partial charge in [0.2, 0.25) is 10.0 Å². The molecule has 0 bridgehead atoms. The Bertz CT molecular complexity index is 857. The van der Waals surface area contributed by atoms with E-state index < -0.39 is 10.0 Å². The molecule has 29 heavy (non-hydrogen) atoms. The third kappa shape index (κ3) is 6.34. The van der Waals surface area contributed by atoms with Crippen molar-refractivity contribution < 1.29 is 8.42 Å². The average Bonchev–Trinajstić information content (AvgIpc) is 2.71. The molecule has 5 heteroatoms. The minimum absolute atomic E-state index is 0.0881. The Morgan fingerprint density at radius 1 is 0.862 bits per heavy atom. The lowest BCUT2D eigenvalue weighted by molar-refractivity contribution is 0.409. The highest BCUT2D eigenvalue weighted by Gasteiger charge is 2.23. The third-order valence-corrected chi connectivity index (χ3v) is 7.86. The van der Waals surface area contributed by atoms with E-state index >= 15 is 0 Å². The summed E-state index contributed by atoms with van der Waals surface area (Å²) in [4.78, 5) is 0.356. The van der Waals surface area contributed by atoms with E-state index in [2.05, 4.69) is 57.7 Å². The van der Waals surface area contributed by atoms with E-state index in [1.165, 1.54) is 11.1 Å². The highest BCUT2D eigenvalue weighted by Crippen LogP contribution is 2.25. The molecular formula is C24H35NO2S2. The monoisotopic (exact) mass is 433 g/mol. The topological polar surface area (TPSA) is 37.4 Å². The second kappa shape index (κ2) is 10.6. The van der Waals surface area contributed by atoms with E-state index in [0.717, 1.165) is 18.4 Å². The number of thiol groups is 1. The van der Waals surface area contributed by atoms with Crippen molar-refractivity contribution in [3.05, 3.63) is 65.2 Å². The molecule has 2 rings (SSSR count). The van der Waals surface area contributed by atoms with Gasteiger partial charge in [-0.25, -0.2) is 8.42 Å². The molecule has 0 radical (unpaired) electrons. The largest absolute Gasteiger partial charge is 0.243 e. The molecule has 2 aromatic rings. The van der Waals surface area contributed by atoms with Crippen LogP contribution in [0.25, 0.3) is 0 Å². The molecule has 3 nitrogen and oxygen atoms in total. The van der Waals surface area contributed by atoms with Gasteiger partial charge in [-0.15, -0.1) is 0 Å². The molecule has 160 valence electrons. The Hall–Kier alpha value is -1.30. The van der Waals surface area contributed by atoms with Crippen LogP contribution in [0.3, 0.4) is 0 Å². The number of hydrogen-bond donors (Lipinski definition) is 1. The van der Waals surface area contributed by atoms with Crippen LogP contribution in [0.1, 0.15) is 81.2 Å². The van der Waals surface area contributed by atoms with Crippen LogP contribution in [0.2, 0.25) is 0 Å². The molecule has 2 aromatic carbocycles. The number of hydrogen-bond acceptors (Lipinski definition) is 3. The number of sulfonamides is 1. The Morgan fingerprint density at radius 3 is 1.86 bits per heavy atom. The molecule has 0 aromatic heterocycles. The van der Waals surface area contributed by atoms with Gasteiger partial charge >= 0.3 is 0 Å². The van der Waals surface area contributed by atoms with Crippen LogP contribution in [0.4, 0.5) is 0 Å². The van der Waals surface area contributed by atoms with Gasteiger partial charge in [0.25, 0.3) is 0 Å². The molecule has 0 spiro atoms. The number of nitrogens with zero attached hydrogens (tertiary/aromatic N) is 1. The molecule has 0 fully saturated rings. The summed E-state index contributed by atoms with van der Waals surface area (Å²) in [6.45, 7) is 11.5. The van der Waals surface area contributed by atoms with Gasteiger partial charge in [0.05, 0.1) is 4.90 Å². The maximum Gasteiger partial charge on any atom is 0.243 e. The predicted molar refractivity (Wildman–Crippen MR) is 126 cm³/mol. The molecule has 0 aliphatic carbocycles. The van der Waals surface area contributed by atoms with Crippen molar-refractivity contribution in [2.24, 2.45) is 0 Å². The lowest BCUT2D eigenvalue weighted by atomic mass is 9.93. The predicted octanol–water partition coefficient (Wildman–Crippen LogP) is 6.40. The molecule has 0 amide bonds. The van der Waals surface area contributed by atoms with Gasteiger partial charge in [-0.3, -0.25) is 0 Å². The van der Waals surface area contributed by atoms with Crippen molar-refractivity contribution in [1.29, 1.82) is 0 Å². The summed E-state index contributed by atoms with van der Waals surface area (Å²) >= 11 is 4.40. The minimum Gasteiger partial charge on any atom is -0.207 e. The van der Waals surface area contributed by atoms with E-state index in [-0.39, 0.29) is 5.25 Å². The summed E-state index contributed by atoms with van der Waals surface area (Å²) < 4.78 is 27.6. The van der Waals surface area contributed by atoms with Crippen LogP contribution < -0.4 is 0 Å². The fourth-order valence-corrected chi connectivity index (χ4v) is 5.13. The lowest BCUT2D eigenvalue weighted by Gasteiger charge is -2.22. The maximum atomic E-state index is 13.0. The Balaban J connectivity index is 1.98. The van der Waals surface area contributed by atoms with Crippen molar-refractivity contribution in [2.45, 2.75) is 69.4 Å². The Kier molecular flexibility index (Phi) is 8.80. The first kappa shape index (κ1) is 24.0. The molecule has 0 aliphatic heterocycles. The van der Waals surface area contributed by atoms with Crippen LogP contribution in [0.5, 0.6) is 0 Å². The van der Waals surface area contributed by atoms with E-state index in [1.54, 1.807) is 16.4 Å². The first-order chi connectivity index (χ1) is 13.7. The summed E-state index contributed by atoms with van der Waals surface area (Å²) in [6.07, 6.45) is 1.80. The second-order valence-corrected chi connectivity index (χ2v) is 10.8. The zero-order valence-electron chi connectivity index (χ0n) is 18.3. The Morgan fingerprint density at radius 2 is 1.38 bits per heavy atom. The summed E-state index contributed by atoms with van der Waals surface area (Å²) in [5.41, 5.74) is 3.69. The fourth-order valence-electron chi connectivity index (χ4n) is 3.47. The zero-order valence-corrected chi connectivity index (χ0v) is 20.0. The van der Waals surface area contributed by atoms with Gasteiger partial charge in [0, 0.05) is 18.3 Å². The van der Waals surface area contributed by atoms with E-state index in [4.69, 9.17) is 0 Å². The van der Waals surface area contributed by atoms with Crippen LogP contribution in [0.15, 0.2) is 53.4 Å². The first-order valence-corrected chi connectivity index (χ1v) is 12.5. The molecule has 0 saturated heterocycles. The quantitative estimate of drug-likeness (QED) is 0.440. The summed E-state index contributed by atoms with van der Waals surface area (Å²) in [5.74, 6) is 0.946. The molecule has 0 heterocycles. The van der Waals surface area contributed by atoms with Crippen LogP contribution in [-0.4, -0.2) is 25.8 Å². The van der Waals surface area contributed by atoms with Crippen LogP contribution >= 0.6 is 12.6 Å². The summed E-state index contributed by atoms with van der Waals surface area (Å²) in [5, 5.41) is 0.0881. The molecule has 0 saturated carbocycles. The van der Waals surface area contributed by atoms with Crippen LogP contribution in [0, 0.1) is 0 Å². The van der Waals surface area contributed by atoms with Crippen molar-refractivity contribution in [2.75, 3.05) is 13.1 Å². The maximum absolute atomic E-state index is 13.0. The third-order valence-electron chi connectivity index (χ3n) is 5.57. The lowest BCUT2D eigenvalue weighted by Crippen LogP contribution is -2.32. The van der Waals surface area contributed by atoms with Crippen LogP contribution in [-0.2, 0) is 10.0 Å². The van der Waals surface area contributed by atoms with Gasteiger partial charge in [-0.05, 0) is 60.4 Å². The van der Waals surface area contributed by atoms with Crippen molar-refractivity contribution >= 4 is 22.7 Å². The molecular weight excluding hydrogens is 398 g/mol. The van der Waals surface area contributed by atoms with E-state index in [0.29, 0.717) is 29.8 Å². The first-order valence-electron chi connectivity index (χ1n) is 10.5. The van der Waals surface area contributed by atoms with Gasteiger partial charge < -0.3 is 0 Å². The Labute approximate surface area is 183 Å². The van der Waals surface area contributed by atoms with Gasteiger partial charge in [-0.2, -0.15) is 16.9 Å². The smallest absolute Gasteiger partial charge is 0.207 e. The van der Waals surface area contributed by atoms with Crippen molar-refractivity contribution in [3.63, 3.8) is 0 Å². The highest BCUT2D eigenvalue weighted by molar-refractivity contribution is 7.89. The SMILES string of the molecule is CCN(CCCC(C)c1ccc(C(C)C)cc1)S(=O)(=O)c1ccc(C(C)S)cc1. The summed E-state index contributed by atoms with van der Waals surface area (Å²) in [6, 6.07) is 15.9. The van der Waals surface area contributed by atoms with Crippen molar-refractivity contribution in [1.82, 2.24) is 4.31 Å². The highest BCUT2D eigenvalue weighted by atomic mass is 32.2. The van der Waals surface area contributed by atoms with Crippen molar-refractivity contribution in [3.8, 4) is 0 Å². The molecule has 0 N–H and O–H groups in total. The molecule has 0 aliphatic rings. The van der Waals surface area contributed by atoms with Gasteiger partial charge in [0.1, 0.15) is 0 Å². The molecule has 2 atom stereocenters. The van der Waals surface area contributed by atoms with E-state index in [9.17, 15) is 8.42 Å².